The lowest BCUT2D eigenvalue weighted by atomic mass is 9.91. The normalized spacial score (nSPS) is 25.7. The molecular weight excluding hydrogens is 412 g/mol. The number of aromatic nitrogens is 1. The van der Waals surface area contributed by atoms with Gasteiger partial charge in [0.2, 0.25) is 5.91 Å². The summed E-state index contributed by atoms with van der Waals surface area (Å²) in [5.74, 6) is -0.0540. The van der Waals surface area contributed by atoms with Crippen LogP contribution in [0, 0.1) is 0 Å². The van der Waals surface area contributed by atoms with E-state index in [1.54, 1.807) is 11.3 Å². The molecule has 7 nitrogen and oxygen atoms in total. The Labute approximate surface area is 187 Å². The lowest BCUT2D eigenvalue weighted by Crippen LogP contribution is -2.66. The van der Waals surface area contributed by atoms with Gasteiger partial charge in [0.15, 0.2) is 0 Å². The number of rotatable bonds is 5. The highest BCUT2D eigenvalue weighted by Crippen LogP contribution is 2.34. The minimum atomic E-state index is -0.901. The van der Waals surface area contributed by atoms with Gasteiger partial charge in [-0.1, -0.05) is 19.3 Å². The maximum absolute atomic E-state index is 13.7. The summed E-state index contributed by atoms with van der Waals surface area (Å²) in [5, 5.41) is 5.35. The molecule has 1 saturated heterocycles. The first-order chi connectivity index (χ1) is 15.1. The summed E-state index contributed by atoms with van der Waals surface area (Å²) >= 11 is 1.64. The first-order valence-corrected chi connectivity index (χ1v) is 12.4. The molecule has 1 atom stereocenters. The molecule has 1 unspecified atom stereocenters. The molecule has 2 aromatic rings. The second-order valence-electron chi connectivity index (χ2n) is 9.28. The predicted molar refractivity (Wildman–Crippen MR) is 122 cm³/mol. The SMILES string of the molecule is CC1(C(=O)NC2CCCCC2)Cn2c(cc3sccc32)C(=O)N1CCN1CCOCC1. The summed E-state index contributed by atoms with van der Waals surface area (Å²) in [6.07, 6.45) is 5.65. The van der Waals surface area contributed by atoms with Crippen molar-refractivity contribution in [2.75, 3.05) is 39.4 Å². The van der Waals surface area contributed by atoms with E-state index in [9.17, 15) is 9.59 Å². The van der Waals surface area contributed by atoms with Crippen LogP contribution >= 0.6 is 11.3 Å². The minimum absolute atomic E-state index is 0.0162. The van der Waals surface area contributed by atoms with E-state index in [2.05, 4.69) is 20.9 Å². The van der Waals surface area contributed by atoms with Crippen molar-refractivity contribution in [3.05, 3.63) is 23.2 Å². The zero-order valence-electron chi connectivity index (χ0n) is 18.3. The number of carbonyl (C=O) groups is 2. The minimum Gasteiger partial charge on any atom is -0.379 e. The average Bonchev–Trinajstić information content (AvgIpc) is 3.37. The summed E-state index contributed by atoms with van der Waals surface area (Å²) in [7, 11) is 0. The second kappa shape index (κ2) is 8.56. The molecule has 1 aliphatic carbocycles. The molecule has 2 aromatic heterocycles. The highest BCUT2D eigenvalue weighted by molar-refractivity contribution is 7.17. The topological polar surface area (TPSA) is 66.8 Å². The number of hydrogen-bond acceptors (Lipinski definition) is 5. The fraction of sp³-hybridized carbons (Fsp3) is 0.652. The van der Waals surface area contributed by atoms with E-state index in [4.69, 9.17) is 4.74 Å². The van der Waals surface area contributed by atoms with Crippen LogP contribution in [0.15, 0.2) is 17.5 Å². The molecular formula is C23H32N4O3S. The molecule has 0 radical (unpaired) electrons. The van der Waals surface area contributed by atoms with Crippen LogP contribution in [-0.4, -0.2) is 77.2 Å². The first-order valence-electron chi connectivity index (χ1n) is 11.6. The molecule has 8 heteroatoms. The second-order valence-corrected chi connectivity index (χ2v) is 10.2. The Morgan fingerprint density at radius 3 is 2.77 bits per heavy atom. The van der Waals surface area contributed by atoms with Crippen molar-refractivity contribution in [3.8, 4) is 0 Å². The zero-order valence-corrected chi connectivity index (χ0v) is 19.1. The fourth-order valence-corrected chi connectivity index (χ4v) is 6.10. The van der Waals surface area contributed by atoms with E-state index in [1.165, 1.54) is 19.3 Å². The molecule has 2 amide bonds. The number of carbonyl (C=O) groups excluding carboxylic acids is 2. The zero-order chi connectivity index (χ0) is 21.4. The van der Waals surface area contributed by atoms with E-state index in [0.717, 1.165) is 55.9 Å². The van der Waals surface area contributed by atoms with Gasteiger partial charge < -0.3 is 19.5 Å². The Morgan fingerprint density at radius 1 is 1.23 bits per heavy atom. The van der Waals surface area contributed by atoms with E-state index in [1.807, 2.05) is 23.3 Å². The van der Waals surface area contributed by atoms with Gasteiger partial charge in [-0.05, 0) is 37.3 Å². The van der Waals surface area contributed by atoms with Gasteiger partial charge in [0.1, 0.15) is 11.2 Å². The number of nitrogens with one attached hydrogen (secondary N) is 1. The van der Waals surface area contributed by atoms with Gasteiger partial charge in [0, 0.05) is 32.2 Å². The molecule has 0 spiro atoms. The molecule has 1 N–H and O–H groups in total. The van der Waals surface area contributed by atoms with Gasteiger partial charge in [0.25, 0.3) is 5.91 Å². The first kappa shape index (κ1) is 21.0. The highest BCUT2D eigenvalue weighted by Gasteiger charge is 2.48. The molecule has 0 bridgehead atoms. The quantitative estimate of drug-likeness (QED) is 0.770. The maximum Gasteiger partial charge on any atom is 0.271 e. The summed E-state index contributed by atoms with van der Waals surface area (Å²) < 4.78 is 8.62. The van der Waals surface area contributed by atoms with E-state index >= 15 is 0 Å². The molecule has 3 aliphatic rings. The summed E-state index contributed by atoms with van der Waals surface area (Å²) in [4.78, 5) is 31.5. The predicted octanol–water partition coefficient (Wildman–Crippen LogP) is 2.70. The van der Waals surface area contributed by atoms with Crippen LogP contribution in [0.25, 0.3) is 10.2 Å². The fourth-order valence-electron chi connectivity index (χ4n) is 5.28. The molecule has 168 valence electrons. The standard InChI is InChI=1S/C23H32N4O3S/c1-23(22(29)24-17-5-3-2-4-6-17)16-26-18-7-14-31-20(18)15-19(26)21(28)27(23)9-8-25-10-12-30-13-11-25/h7,14-15,17H,2-6,8-13,16H2,1H3,(H,24,29). The highest BCUT2D eigenvalue weighted by atomic mass is 32.1. The molecule has 5 rings (SSSR count). The number of fused-ring (bicyclic) bond motifs is 3. The number of nitrogens with zero attached hydrogens (tertiary/aromatic N) is 3. The van der Waals surface area contributed by atoms with Gasteiger partial charge in [-0.2, -0.15) is 0 Å². The van der Waals surface area contributed by atoms with Crippen molar-refractivity contribution < 1.29 is 14.3 Å². The number of amides is 2. The van der Waals surface area contributed by atoms with Gasteiger partial charge in [-0.25, -0.2) is 0 Å². The molecule has 31 heavy (non-hydrogen) atoms. The monoisotopic (exact) mass is 444 g/mol. The third-order valence-electron chi connectivity index (χ3n) is 7.22. The van der Waals surface area contributed by atoms with E-state index in [-0.39, 0.29) is 17.9 Å². The number of thiophene rings is 1. The molecule has 1 saturated carbocycles. The summed E-state index contributed by atoms with van der Waals surface area (Å²) in [6, 6.07) is 4.27. The molecule has 0 aromatic carbocycles. The summed E-state index contributed by atoms with van der Waals surface area (Å²) in [5.41, 5.74) is 0.853. The van der Waals surface area contributed by atoms with Crippen LogP contribution in [0.4, 0.5) is 0 Å². The van der Waals surface area contributed by atoms with Crippen LogP contribution in [0.1, 0.15) is 49.5 Å². The van der Waals surface area contributed by atoms with Crippen molar-refractivity contribution in [2.24, 2.45) is 0 Å². The average molecular weight is 445 g/mol. The smallest absolute Gasteiger partial charge is 0.271 e. The third kappa shape index (κ3) is 3.90. The van der Waals surface area contributed by atoms with E-state index < -0.39 is 5.54 Å². The number of ether oxygens (including phenoxy) is 1. The van der Waals surface area contributed by atoms with Crippen molar-refractivity contribution >= 4 is 33.4 Å². The van der Waals surface area contributed by atoms with Crippen molar-refractivity contribution in [1.82, 2.24) is 19.7 Å². The van der Waals surface area contributed by atoms with Gasteiger partial charge >= 0.3 is 0 Å². The number of morpholine rings is 1. The lowest BCUT2D eigenvalue weighted by molar-refractivity contribution is -0.134. The molecule has 4 heterocycles. The Kier molecular flexibility index (Phi) is 5.79. The maximum atomic E-state index is 13.7. The van der Waals surface area contributed by atoms with Crippen LogP contribution < -0.4 is 5.32 Å². The number of hydrogen-bond donors (Lipinski definition) is 1. The largest absolute Gasteiger partial charge is 0.379 e. The van der Waals surface area contributed by atoms with Gasteiger partial charge in [0.05, 0.1) is 30.0 Å². The third-order valence-corrected chi connectivity index (χ3v) is 8.07. The van der Waals surface area contributed by atoms with E-state index in [0.29, 0.717) is 18.8 Å². The van der Waals surface area contributed by atoms with Gasteiger partial charge in [-0.15, -0.1) is 11.3 Å². The van der Waals surface area contributed by atoms with Crippen LogP contribution in [0.3, 0.4) is 0 Å². The summed E-state index contributed by atoms with van der Waals surface area (Å²) in [6.45, 7) is 6.96. The van der Waals surface area contributed by atoms with Crippen molar-refractivity contribution in [3.63, 3.8) is 0 Å². The Hall–Kier alpha value is -1.90. The molecule has 2 fully saturated rings. The van der Waals surface area contributed by atoms with Crippen LogP contribution in [0.5, 0.6) is 0 Å². The Bertz CT molecular complexity index is 957. The van der Waals surface area contributed by atoms with Crippen molar-refractivity contribution in [1.29, 1.82) is 0 Å². The van der Waals surface area contributed by atoms with Crippen LogP contribution in [-0.2, 0) is 16.1 Å². The van der Waals surface area contributed by atoms with Crippen molar-refractivity contribution in [2.45, 2.75) is 57.2 Å². The Morgan fingerprint density at radius 2 is 2.00 bits per heavy atom. The Balaban J connectivity index is 1.43. The van der Waals surface area contributed by atoms with Gasteiger partial charge in [-0.3, -0.25) is 14.5 Å². The lowest BCUT2D eigenvalue weighted by Gasteiger charge is -2.45. The van der Waals surface area contributed by atoms with Crippen LogP contribution in [0.2, 0.25) is 0 Å². The molecule has 2 aliphatic heterocycles.